The number of carbonyl (C=O) groups excluding carboxylic acids is 3. The number of esters is 1. The minimum Gasteiger partial charge on any atom is -0.508 e. The molecule has 0 bridgehead atoms. The number of phenolic OH excluding ortho intramolecular Hbond substituents is 1. The van der Waals surface area contributed by atoms with E-state index in [1.165, 1.54) is 12.1 Å². The zero-order valence-corrected chi connectivity index (χ0v) is 20.1. The Morgan fingerprint density at radius 3 is 2.34 bits per heavy atom. The van der Waals surface area contributed by atoms with Gasteiger partial charge in [0.25, 0.3) is 0 Å². The van der Waals surface area contributed by atoms with E-state index in [1.807, 2.05) is 20.8 Å². The lowest BCUT2D eigenvalue weighted by Crippen LogP contribution is -2.61. The second kappa shape index (κ2) is 12.1. The lowest BCUT2D eigenvalue weighted by atomic mass is 9.94. The van der Waals surface area contributed by atoms with E-state index < -0.39 is 22.8 Å². The van der Waals surface area contributed by atoms with Crippen LogP contribution in [0.2, 0.25) is 0 Å². The molecule has 2 atom stereocenters. The quantitative estimate of drug-likeness (QED) is 0.229. The summed E-state index contributed by atoms with van der Waals surface area (Å²) < 4.78 is 5.39. The van der Waals surface area contributed by atoms with E-state index in [2.05, 4.69) is 23.3 Å². The number of unbranched alkanes of at least 4 members (excludes halogenated alkanes) is 1. The van der Waals surface area contributed by atoms with Gasteiger partial charge in [-0.3, -0.25) is 9.59 Å². The molecule has 32 heavy (non-hydrogen) atoms. The molecule has 1 aliphatic carbocycles. The predicted molar refractivity (Wildman–Crippen MR) is 127 cm³/mol. The van der Waals surface area contributed by atoms with E-state index >= 15 is 0 Å². The third kappa shape index (κ3) is 7.15. The topological polar surface area (TPSA) is 105 Å². The van der Waals surface area contributed by atoms with Crippen molar-refractivity contribution in [2.75, 3.05) is 6.61 Å². The number of rotatable bonds is 11. The summed E-state index contributed by atoms with van der Waals surface area (Å²) in [6.45, 7) is 6.09. The van der Waals surface area contributed by atoms with Crippen molar-refractivity contribution in [1.82, 2.24) is 10.6 Å². The second-order valence-electron chi connectivity index (χ2n) is 8.88. The fourth-order valence-corrected chi connectivity index (χ4v) is 3.84. The Kier molecular flexibility index (Phi) is 9.87. The van der Waals surface area contributed by atoms with Crippen LogP contribution in [0.4, 0.5) is 0 Å². The maximum atomic E-state index is 13.4. The summed E-state index contributed by atoms with van der Waals surface area (Å²) in [6, 6.07) is 5.59. The van der Waals surface area contributed by atoms with Gasteiger partial charge < -0.3 is 20.5 Å². The summed E-state index contributed by atoms with van der Waals surface area (Å²) in [5.41, 5.74) is -0.274. The van der Waals surface area contributed by atoms with Crippen LogP contribution in [0.15, 0.2) is 24.3 Å². The van der Waals surface area contributed by atoms with Crippen molar-refractivity contribution in [3.05, 3.63) is 29.8 Å². The molecule has 0 radical (unpaired) electrons. The van der Waals surface area contributed by atoms with E-state index in [9.17, 15) is 19.5 Å². The number of nitrogens with one attached hydrogen (secondary N) is 2. The standard InChI is InChI=1S/C24H36N2O5S/c1-4-5-14-31-22(29)19(15-17-8-10-18(27)11-9-17)25-23(30)24(12-6-7-13-24)26-21(28)20(32)16(2)3/h8-11,16,19-20,27,32H,4-7,12-15H2,1-3H3,(H,25,30)(H,26,28)/t19-,20?/m0/s1. The van der Waals surface area contributed by atoms with Crippen LogP contribution < -0.4 is 10.6 Å². The number of hydrogen-bond acceptors (Lipinski definition) is 6. The van der Waals surface area contributed by atoms with Gasteiger partial charge in [-0.15, -0.1) is 0 Å². The van der Waals surface area contributed by atoms with E-state index in [0.29, 0.717) is 12.8 Å². The molecule has 7 nitrogen and oxygen atoms in total. The van der Waals surface area contributed by atoms with Crippen LogP contribution in [-0.2, 0) is 25.5 Å². The normalized spacial score (nSPS) is 16.9. The van der Waals surface area contributed by atoms with Crippen molar-refractivity contribution in [1.29, 1.82) is 0 Å². The Morgan fingerprint density at radius 1 is 1.16 bits per heavy atom. The monoisotopic (exact) mass is 464 g/mol. The number of carbonyl (C=O) groups is 3. The smallest absolute Gasteiger partial charge is 0.328 e. The molecule has 0 aromatic heterocycles. The Morgan fingerprint density at radius 2 is 1.78 bits per heavy atom. The average molecular weight is 465 g/mol. The van der Waals surface area contributed by atoms with Gasteiger partial charge in [0.2, 0.25) is 11.8 Å². The molecule has 0 spiro atoms. The Balaban J connectivity index is 2.18. The highest BCUT2D eigenvalue weighted by Gasteiger charge is 2.44. The summed E-state index contributed by atoms with van der Waals surface area (Å²) in [5.74, 6) is -1.01. The molecule has 1 fully saturated rings. The highest BCUT2D eigenvalue weighted by molar-refractivity contribution is 7.81. The molecular formula is C24H36N2O5S. The van der Waals surface area contributed by atoms with Gasteiger partial charge >= 0.3 is 5.97 Å². The van der Waals surface area contributed by atoms with Crippen molar-refractivity contribution in [3.8, 4) is 5.75 Å². The van der Waals surface area contributed by atoms with E-state index in [-0.39, 0.29) is 36.5 Å². The number of benzene rings is 1. The number of phenols is 1. The number of aromatic hydroxyl groups is 1. The predicted octanol–water partition coefficient (Wildman–Crippen LogP) is 3.15. The van der Waals surface area contributed by atoms with E-state index in [4.69, 9.17) is 4.74 Å². The molecule has 2 amide bonds. The number of thiol groups is 1. The van der Waals surface area contributed by atoms with Gasteiger partial charge in [0, 0.05) is 6.42 Å². The van der Waals surface area contributed by atoms with Crippen LogP contribution in [0.25, 0.3) is 0 Å². The minimum absolute atomic E-state index is 0.0237. The minimum atomic E-state index is -1.05. The van der Waals surface area contributed by atoms with Crippen LogP contribution in [0.3, 0.4) is 0 Å². The highest BCUT2D eigenvalue weighted by Crippen LogP contribution is 2.31. The van der Waals surface area contributed by atoms with E-state index in [1.54, 1.807) is 12.1 Å². The SMILES string of the molecule is CCCCOC(=O)[C@H](Cc1ccc(O)cc1)NC(=O)C1(NC(=O)C(S)C(C)C)CCCC1. The van der Waals surface area contributed by atoms with Gasteiger partial charge in [0.15, 0.2) is 0 Å². The number of hydrogen-bond donors (Lipinski definition) is 4. The van der Waals surface area contributed by atoms with Crippen molar-refractivity contribution >= 4 is 30.4 Å². The van der Waals surface area contributed by atoms with E-state index in [0.717, 1.165) is 31.2 Å². The molecule has 1 aliphatic rings. The van der Waals surface area contributed by atoms with Crippen LogP contribution in [0, 0.1) is 5.92 Å². The van der Waals surface area contributed by atoms with Gasteiger partial charge in [-0.1, -0.05) is 52.2 Å². The Labute approximate surface area is 196 Å². The highest BCUT2D eigenvalue weighted by atomic mass is 32.1. The number of ether oxygens (including phenoxy) is 1. The average Bonchev–Trinajstić information content (AvgIpc) is 3.23. The molecule has 3 N–H and O–H groups in total. The van der Waals surface area contributed by atoms with Crippen LogP contribution in [-0.4, -0.2) is 46.3 Å². The third-order valence-corrected chi connectivity index (χ3v) is 6.69. The molecule has 2 rings (SSSR count). The molecule has 1 saturated carbocycles. The first-order valence-electron chi connectivity index (χ1n) is 11.4. The first-order valence-corrected chi connectivity index (χ1v) is 12.0. The fraction of sp³-hybridized carbons (Fsp3) is 0.625. The first kappa shape index (κ1) is 26.0. The van der Waals surface area contributed by atoms with Crippen molar-refractivity contribution in [3.63, 3.8) is 0 Å². The zero-order chi connectivity index (χ0) is 23.7. The maximum Gasteiger partial charge on any atom is 0.328 e. The van der Waals surface area contributed by atoms with Crippen LogP contribution >= 0.6 is 12.6 Å². The molecule has 1 aromatic carbocycles. The summed E-state index contributed by atoms with van der Waals surface area (Å²) in [7, 11) is 0. The molecule has 178 valence electrons. The Bertz CT molecular complexity index is 775. The molecule has 1 unspecified atom stereocenters. The van der Waals surface area contributed by atoms with Crippen LogP contribution in [0.1, 0.15) is 64.9 Å². The Hall–Kier alpha value is -2.22. The summed E-state index contributed by atoms with van der Waals surface area (Å²) in [5, 5.41) is 14.8. The van der Waals surface area contributed by atoms with Gasteiger partial charge in [0.1, 0.15) is 17.3 Å². The summed E-state index contributed by atoms with van der Waals surface area (Å²) >= 11 is 4.38. The number of amides is 2. The molecule has 8 heteroatoms. The molecule has 0 saturated heterocycles. The molecular weight excluding hydrogens is 428 g/mol. The lowest BCUT2D eigenvalue weighted by molar-refractivity contribution is -0.148. The lowest BCUT2D eigenvalue weighted by Gasteiger charge is -2.32. The molecule has 0 heterocycles. The third-order valence-electron chi connectivity index (χ3n) is 5.86. The molecule has 1 aromatic rings. The van der Waals surface area contributed by atoms with Gasteiger partial charge in [0.05, 0.1) is 11.9 Å². The van der Waals surface area contributed by atoms with Gasteiger partial charge in [-0.2, -0.15) is 12.6 Å². The largest absolute Gasteiger partial charge is 0.508 e. The van der Waals surface area contributed by atoms with Crippen LogP contribution in [0.5, 0.6) is 5.75 Å². The fourth-order valence-electron chi connectivity index (χ4n) is 3.78. The van der Waals surface area contributed by atoms with Gasteiger partial charge in [-0.25, -0.2) is 4.79 Å². The maximum absolute atomic E-state index is 13.4. The van der Waals surface area contributed by atoms with Crippen molar-refractivity contribution < 1.29 is 24.2 Å². The second-order valence-corrected chi connectivity index (χ2v) is 9.44. The summed E-state index contributed by atoms with van der Waals surface area (Å²) in [4.78, 5) is 38.8. The summed E-state index contributed by atoms with van der Waals surface area (Å²) in [6.07, 6.45) is 4.51. The van der Waals surface area contributed by atoms with Crippen molar-refractivity contribution in [2.45, 2.75) is 82.5 Å². The van der Waals surface area contributed by atoms with Gasteiger partial charge in [-0.05, 0) is 42.9 Å². The molecule has 0 aliphatic heterocycles. The zero-order valence-electron chi connectivity index (χ0n) is 19.2. The van der Waals surface area contributed by atoms with Crippen molar-refractivity contribution in [2.24, 2.45) is 5.92 Å². The first-order chi connectivity index (χ1) is 15.2.